The Bertz CT molecular complexity index is 726. The average Bonchev–Trinajstić information content (AvgIpc) is 2.55. The summed E-state index contributed by atoms with van der Waals surface area (Å²) in [7, 11) is 3.14. The zero-order chi connectivity index (χ0) is 17.5. The Morgan fingerprint density at radius 1 is 1.00 bits per heavy atom. The van der Waals surface area contributed by atoms with Gasteiger partial charge in [-0.1, -0.05) is 12.1 Å². The van der Waals surface area contributed by atoms with Gasteiger partial charge in [0.2, 0.25) is 5.91 Å². The topological polar surface area (TPSA) is 76.7 Å². The minimum Gasteiger partial charge on any atom is -0.495 e. The third kappa shape index (κ3) is 4.57. The molecule has 0 aliphatic rings. The van der Waals surface area contributed by atoms with Gasteiger partial charge in [-0.3, -0.25) is 9.59 Å². The monoisotopic (exact) mass is 328 g/mol. The molecular weight excluding hydrogens is 308 g/mol. The van der Waals surface area contributed by atoms with E-state index < -0.39 is 0 Å². The van der Waals surface area contributed by atoms with Crippen LogP contribution in [0.4, 0.5) is 11.4 Å². The van der Waals surface area contributed by atoms with E-state index in [-0.39, 0.29) is 11.8 Å². The molecule has 2 rings (SSSR count). The Labute approximate surface area is 140 Å². The van der Waals surface area contributed by atoms with Crippen LogP contribution in [0.15, 0.2) is 42.5 Å². The van der Waals surface area contributed by atoms with Crippen LogP contribution < -0.4 is 15.4 Å². The fraction of sp³-hybridized carbons (Fsp3) is 0.222. The molecule has 0 bridgehead atoms. The third-order valence-electron chi connectivity index (χ3n) is 3.30. The normalized spacial score (nSPS) is 10.1. The molecule has 24 heavy (non-hydrogen) atoms. The highest BCUT2D eigenvalue weighted by Gasteiger charge is 2.11. The SMILES string of the molecule is COCc1ccc(C(=O)Nc2cc(NC(C)=O)ccc2OC)cc1. The van der Waals surface area contributed by atoms with E-state index in [0.717, 1.165) is 5.56 Å². The van der Waals surface area contributed by atoms with Crippen molar-refractivity contribution < 1.29 is 19.1 Å². The predicted molar refractivity (Wildman–Crippen MR) is 92.4 cm³/mol. The lowest BCUT2D eigenvalue weighted by molar-refractivity contribution is -0.114. The number of carbonyl (C=O) groups is 2. The molecule has 0 radical (unpaired) electrons. The summed E-state index contributed by atoms with van der Waals surface area (Å²) in [5, 5.41) is 5.47. The van der Waals surface area contributed by atoms with Gasteiger partial charge in [0, 0.05) is 25.3 Å². The second-order valence-electron chi connectivity index (χ2n) is 5.18. The minimum absolute atomic E-state index is 0.189. The van der Waals surface area contributed by atoms with E-state index in [4.69, 9.17) is 9.47 Å². The van der Waals surface area contributed by atoms with Gasteiger partial charge >= 0.3 is 0 Å². The van der Waals surface area contributed by atoms with Crippen LogP contribution in [-0.4, -0.2) is 26.0 Å². The molecule has 0 aliphatic heterocycles. The summed E-state index contributed by atoms with van der Waals surface area (Å²) in [5.41, 5.74) is 2.56. The van der Waals surface area contributed by atoms with Gasteiger partial charge in [0.15, 0.2) is 0 Å². The first kappa shape index (κ1) is 17.5. The van der Waals surface area contributed by atoms with E-state index in [2.05, 4.69) is 10.6 Å². The van der Waals surface area contributed by atoms with Crippen molar-refractivity contribution in [3.8, 4) is 5.75 Å². The van der Waals surface area contributed by atoms with Crippen LogP contribution in [0.5, 0.6) is 5.75 Å². The number of nitrogens with one attached hydrogen (secondary N) is 2. The molecule has 6 heteroatoms. The standard InChI is InChI=1S/C18H20N2O4/c1-12(21)19-15-8-9-17(24-3)16(10-15)20-18(22)14-6-4-13(5-7-14)11-23-2/h4-10H,11H2,1-3H3,(H,19,21)(H,20,22). The summed E-state index contributed by atoms with van der Waals surface area (Å²) in [6, 6.07) is 12.2. The predicted octanol–water partition coefficient (Wildman–Crippen LogP) is 3.05. The lowest BCUT2D eigenvalue weighted by Crippen LogP contribution is -2.13. The van der Waals surface area contributed by atoms with Crippen LogP contribution in [0.2, 0.25) is 0 Å². The summed E-state index contributed by atoms with van der Waals surface area (Å²) < 4.78 is 10.3. The number of anilines is 2. The van der Waals surface area contributed by atoms with Gasteiger partial charge in [0.1, 0.15) is 5.75 Å². The summed E-state index contributed by atoms with van der Waals surface area (Å²) >= 11 is 0. The van der Waals surface area contributed by atoms with E-state index in [1.807, 2.05) is 12.1 Å². The molecule has 2 amide bonds. The number of ether oxygens (including phenoxy) is 2. The maximum Gasteiger partial charge on any atom is 0.255 e. The van der Waals surface area contributed by atoms with Crippen molar-refractivity contribution in [2.24, 2.45) is 0 Å². The lowest BCUT2D eigenvalue weighted by Gasteiger charge is -2.12. The van der Waals surface area contributed by atoms with Gasteiger partial charge in [-0.15, -0.1) is 0 Å². The van der Waals surface area contributed by atoms with Gasteiger partial charge in [-0.2, -0.15) is 0 Å². The highest BCUT2D eigenvalue weighted by molar-refractivity contribution is 6.05. The number of carbonyl (C=O) groups excluding carboxylic acids is 2. The molecule has 0 saturated carbocycles. The zero-order valence-electron chi connectivity index (χ0n) is 13.9. The Kier molecular flexibility index (Phi) is 5.92. The Morgan fingerprint density at radius 3 is 2.29 bits per heavy atom. The molecule has 0 saturated heterocycles. The first-order valence-corrected chi connectivity index (χ1v) is 7.38. The number of benzene rings is 2. The van der Waals surface area contributed by atoms with Gasteiger partial charge in [0.25, 0.3) is 5.91 Å². The molecule has 2 aromatic rings. The number of hydrogen-bond acceptors (Lipinski definition) is 4. The van der Waals surface area contributed by atoms with Crippen molar-refractivity contribution in [3.63, 3.8) is 0 Å². The van der Waals surface area contributed by atoms with Crippen LogP contribution in [-0.2, 0) is 16.1 Å². The van der Waals surface area contributed by atoms with Gasteiger partial charge in [-0.25, -0.2) is 0 Å². The van der Waals surface area contributed by atoms with Crippen LogP contribution in [0, 0.1) is 0 Å². The molecule has 0 heterocycles. The Morgan fingerprint density at radius 2 is 1.71 bits per heavy atom. The first-order chi connectivity index (χ1) is 11.5. The van der Waals surface area contributed by atoms with Crippen LogP contribution in [0.3, 0.4) is 0 Å². The van der Waals surface area contributed by atoms with Crippen LogP contribution in [0.25, 0.3) is 0 Å². The van der Waals surface area contributed by atoms with Gasteiger partial charge < -0.3 is 20.1 Å². The second kappa shape index (κ2) is 8.12. The number of hydrogen-bond donors (Lipinski definition) is 2. The molecule has 0 aliphatic carbocycles. The zero-order valence-corrected chi connectivity index (χ0v) is 13.9. The van der Waals surface area contributed by atoms with Crippen molar-refractivity contribution >= 4 is 23.2 Å². The molecule has 6 nitrogen and oxygen atoms in total. The van der Waals surface area contributed by atoms with E-state index >= 15 is 0 Å². The molecule has 0 atom stereocenters. The molecule has 0 aromatic heterocycles. The van der Waals surface area contributed by atoms with E-state index in [0.29, 0.717) is 29.3 Å². The highest BCUT2D eigenvalue weighted by Crippen LogP contribution is 2.28. The maximum absolute atomic E-state index is 12.4. The lowest BCUT2D eigenvalue weighted by atomic mass is 10.1. The Balaban J connectivity index is 2.18. The van der Waals surface area contributed by atoms with Crippen molar-refractivity contribution in [1.29, 1.82) is 0 Å². The minimum atomic E-state index is -0.266. The highest BCUT2D eigenvalue weighted by atomic mass is 16.5. The number of amides is 2. The van der Waals surface area contributed by atoms with E-state index in [1.54, 1.807) is 37.4 Å². The number of rotatable bonds is 6. The van der Waals surface area contributed by atoms with Crippen LogP contribution >= 0.6 is 0 Å². The van der Waals surface area contributed by atoms with Crippen molar-refractivity contribution in [1.82, 2.24) is 0 Å². The molecule has 0 spiro atoms. The quantitative estimate of drug-likeness (QED) is 0.854. The van der Waals surface area contributed by atoms with Crippen molar-refractivity contribution in [2.75, 3.05) is 24.9 Å². The van der Waals surface area contributed by atoms with E-state index in [9.17, 15) is 9.59 Å². The summed E-state index contributed by atoms with van der Waals surface area (Å²) in [6.45, 7) is 1.92. The molecule has 2 aromatic carbocycles. The fourth-order valence-corrected chi connectivity index (χ4v) is 2.20. The fourth-order valence-electron chi connectivity index (χ4n) is 2.20. The van der Waals surface area contributed by atoms with E-state index in [1.165, 1.54) is 14.0 Å². The summed E-state index contributed by atoms with van der Waals surface area (Å²) in [4.78, 5) is 23.6. The molecule has 0 fully saturated rings. The molecule has 2 N–H and O–H groups in total. The molecular formula is C18H20N2O4. The number of methoxy groups -OCH3 is 2. The summed E-state index contributed by atoms with van der Waals surface area (Å²) in [6.07, 6.45) is 0. The molecule has 126 valence electrons. The largest absolute Gasteiger partial charge is 0.495 e. The smallest absolute Gasteiger partial charge is 0.255 e. The maximum atomic E-state index is 12.4. The van der Waals surface area contributed by atoms with Gasteiger partial charge in [-0.05, 0) is 35.9 Å². The van der Waals surface area contributed by atoms with Gasteiger partial charge in [0.05, 0.1) is 19.4 Å². The second-order valence-corrected chi connectivity index (χ2v) is 5.18. The first-order valence-electron chi connectivity index (χ1n) is 7.38. The van der Waals surface area contributed by atoms with Crippen molar-refractivity contribution in [3.05, 3.63) is 53.6 Å². The van der Waals surface area contributed by atoms with Crippen molar-refractivity contribution in [2.45, 2.75) is 13.5 Å². The Hall–Kier alpha value is -2.86. The summed E-state index contributed by atoms with van der Waals surface area (Å²) in [5.74, 6) is 0.0527. The molecule has 0 unspecified atom stereocenters. The van der Waals surface area contributed by atoms with Crippen LogP contribution in [0.1, 0.15) is 22.8 Å². The average molecular weight is 328 g/mol. The third-order valence-corrected chi connectivity index (χ3v) is 3.30.